The summed E-state index contributed by atoms with van der Waals surface area (Å²) in [7, 11) is 0. The third kappa shape index (κ3) is 3.10. The zero-order valence-electron chi connectivity index (χ0n) is 11.8. The molecule has 22 heavy (non-hydrogen) atoms. The average molecular weight is 318 g/mol. The Morgan fingerprint density at radius 2 is 2.32 bits per heavy atom. The van der Waals surface area contributed by atoms with Crippen molar-refractivity contribution in [2.75, 3.05) is 6.54 Å². The third-order valence-electron chi connectivity index (χ3n) is 3.04. The van der Waals surface area contributed by atoms with E-state index in [0.717, 1.165) is 15.5 Å². The third-order valence-corrected chi connectivity index (χ3v) is 4.24. The maximum atomic E-state index is 11.8. The Morgan fingerprint density at radius 1 is 1.45 bits per heavy atom. The minimum absolute atomic E-state index is 0.100. The van der Waals surface area contributed by atoms with Gasteiger partial charge in [0.05, 0.1) is 11.1 Å². The van der Waals surface area contributed by atoms with Gasteiger partial charge in [-0.05, 0) is 31.2 Å². The normalized spacial score (nSPS) is 12.3. The number of aryl methyl sites for hydroxylation is 1. The molecule has 1 amide bonds. The highest BCUT2D eigenvalue weighted by Gasteiger charge is 2.16. The minimum Gasteiger partial charge on any atom is -0.464 e. The second kappa shape index (κ2) is 6.17. The molecule has 0 fully saturated rings. The fraction of sp³-hybridized carbons (Fsp3) is 0.200. The lowest BCUT2D eigenvalue weighted by molar-refractivity contribution is 0.0909. The molecule has 0 saturated heterocycles. The molecule has 0 aromatic carbocycles. The summed E-state index contributed by atoms with van der Waals surface area (Å²) >= 11 is 1.42. The van der Waals surface area contributed by atoms with Gasteiger partial charge in [-0.2, -0.15) is 0 Å². The van der Waals surface area contributed by atoms with E-state index < -0.39 is 6.10 Å². The van der Waals surface area contributed by atoms with Crippen LogP contribution in [0.5, 0.6) is 0 Å². The molecule has 1 unspecified atom stereocenters. The number of nitrogens with one attached hydrogen (secondary N) is 1. The molecule has 0 spiro atoms. The number of hydrogen-bond acceptors (Lipinski definition) is 6. The molecule has 2 N–H and O–H groups in total. The second-order valence-corrected chi connectivity index (χ2v) is 5.84. The number of aromatic nitrogens is 1. The van der Waals surface area contributed by atoms with Crippen molar-refractivity contribution in [3.8, 4) is 10.6 Å². The van der Waals surface area contributed by atoms with E-state index in [0.29, 0.717) is 5.76 Å². The summed E-state index contributed by atoms with van der Waals surface area (Å²) in [4.78, 5) is 13.5. The number of furan rings is 1. The van der Waals surface area contributed by atoms with Gasteiger partial charge >= 0.3 is 0 Å². The van der Waals surface area contributed by atoms with Crippen molar-refractivity contribution in [2.45, 2.75) is 13.0 Å². The minimum atomic E-state index is -0.786. The second-order valence-electron chi connectivity index (χ2n) is 4.73. The molecule has 0 bridgehead atoms. The van der Waals surface area contributed by atoms with Crippen molar-refractivity contribution < 1.29 is 18.8 Å². The molecular formula is C15H14N2O4S. The first-order valence-electron chi connectivity index (χ1n) is 6.66. The van der Waals surface area contributed by atoms with E-state index in [1.165, 1.54) is 11.3 Å². The Morgan fingerprint density at radius 3 is 3.00 bits per heavy atom. The number of thiophene rings is 1. The van der Waals surface area contributed by atoms with Gasteiger partial charge in [0, 0.05) is 17.5 Å². The number of nitrogens with zero attached hydrogens (tertiary/aromatic N) is 1. The molecule has 0 aliphatic rings. The molecule has 6 nitrogen and oxygen atoms in total. The summed E-state index contributed by atoms with van der Waals surface area (Å²) in [6.07, 6.45) is 0.816. The molecule has 0 aliphatic heterocycles. The van der Waals surface area contributed by atoms with Crippen molar-refractivity contribution >= 4 is 17.2 Å². The van der Waals surface area contributed by atoms with E-state index in [1.807, 2.05) is 24.3 Å². The summed E-state index contributed by atoms with van der Waals surface area (Å²) in [5.74, 6) is 0.941. The highest BCUT2D eigenvalue weighted by atomic mass is 32.1. The smallest absolute Gasteiger partial charge is 0.273 e. The van der Waals surface area contributed by atoms with Gasteiger partial charge in [-0.3, -0.25) is 4.79 Å². The van der Waals surface area contributed by atoms with Gasteiger partial charge in [-0.1, -0.05) is 5.16 Å². The van der Waals surface area contributed by atoms with Crippen molar-refractivity contribution in [1.29, 1.82) is 0 Å². The highest BCUT2D eigenvalue weighted by Crippen LogP contribution is 2.31. The summed E-state index contributed by atoms with van der Waals surface area (Å²) in [6, 6.07) is 8.91. The van der Waals surface area contributed by atoms with Crippen LogP contribution in [0, 0.1) is 6.92 Å². The van der Waals surface area contributed by atoms with E-state index >= 15 is 0 Å². The van der Waals surface area contributed by atoms with Gasteiger partial charge in [0.25, 0.3) is 5.91 Å². The SMILES string of the molecule is Cc1cc(C(=O)NCC(O)c2ccc(-c3ccco3)s2)no1. The van der Waals surface area contributed by atoms with Crippen molar-refractivity contribution in [3.63, 3.8) is 0 Å². The van der Waals surface area contributed by atoms with Gasteiger partial charge < -0.3 is 19.4 Å². The summed E-state index contributed by atoms with van der Waals surface area (Å²) in [5.41, 5.74) is 0.201. The molecule has 7 heteroatoms. The number of amides is 1. The Hall–Kier alpha value is -2.38. The molecule has 3 aromatic heterocycles. The number of aliphatic hydroxyl groups is 1. The lowest BCUT2D eigenvalue weighted by atomic mass is 10.2. The van der Waals surface area contributed by atoms with Gasteiger partial charge in [0.15, 0.2) is 5.69 Å². The fourth-order valence-electron chi connectivity index (χ4n) is 1.94. The topological polar surface area (TPSA) is 88.5 Å². The van der Waals surface area contributed by atoms with Gasteiger partial charge in [-0.25, -0.2) is 0 Å². The van der Waals surface area contributed by atoms with Crippen LogP contribution < -0.4 is 5.32 Å². The van der Waals surface area contributed by atoms with E-state index in [-0.39, 0.29) is 18.1 Å². The van der Waals surface area contributed by atoms with Crippen LogP contribution in [-0.2, 0) is 0 Å². The first-order chi connectivity index (χ1) is 10.6. The highest BCUT2D eigenvalue weighted by molar-refractivity contribution is 7.15. The molecule has 0 aliphatic carbocycles. The number of hydrogen-bond donors (Lipinski definition) is 2. The number of rotatable bonds is 5. The first kappa shape index (κ1) is 14.6. The zero-order chi connectivity index (χ0) is 15.5. The molecule has 3 aromatic rings. The van der Waals surface area contributed by atoms with Gasteiger partial charge in [-0.15, -0.1) is 11.3 Å². The van der Waals surface area contributed by atoms with Crippen molar-refractivity contribution in [3.05, 3.63) is 52.9 Å². The van der Waals surface area contributed by atoms with Crippen LogP contribution in [0.2, 0.25) is 0 Å². The maximum Gasteiger partial charge on any atom is 0.273 e. The van der Waals surface area contributed by atoms with Crippen molar-refractivity contribution in [2.24, 2.45) is 0 Å². The monoisotopic (exact) mass is 318 g/mol. The predicted octanol–water partition coefficient (Wildman–Crippen LogP) is 2.77. The zero-order valence-corrected chi connectivity index (χ0v) is 12.6. The predicted molar refractivity (Wildman–Crippen MR) is 80.6 cm³/mol. The first-order valence-corrected chi connectivity index (χ1v) is 7.48. The Balaban J connectivity index is 1.60. The summed E-state index contributed by atoms with van der Waals surface area (Å²) < 4.78 is 10.2. The molecule has 1 atom stereocenters. The lowest BCUT2D eigenvalue weighted by Gasteiger charge is -2.08. The Labute approximate surface area is 130 Å². The van der Waals surface area contributed by atoms with Crippen molar-refractivity contribution in [1.82, 2.24) is 10.5 Å². The fourth-order valence-corrected chi connectivity index (χ4v) is 2.90. The molecule has 0 radical (unpaired) electrons. The van der Waals surface area contributed by atoms with Crippen LogP contribution in [0.15, 0.2) is 45.5 Å². The standard InChI is InChI=1S/C15H14N2O4S/c1-9-7-10(17-21-9)15(19)16-8-11(18)13-4-5-14(22-13)12-3-2-6-20-12/h2-7,11,18H,8H2,1H3,(H,16,19). The molecule has 0 saturated carbocycles. The van der Waals surface area contributed by atoms with Crippen LogP contribution in [0.4, 0.5) is 0 Å². The molecule has 3 heterocycles. The number of carbonyl (C=O) groups is 1. The van der Waals surface area contributed by atoms with E-state index in [9.17, 15) is 9.90 Å². The van der Waals surface area contributed by atoms with Crippen LogP contribution >= 0.6 is 11.3 Å². The van der Waals surface area contributed by atoms with Gasteiger partial charge in [0.1, 0.15) is 17.6 Å². The van der Waals surface area contributed by atoms with E-state index in [4.69, 9.17) is 8.94 Å². The van der Waals surface area contributed by atoms with Crippen LogP contribution in [0.3, 0.4) is 0 Å². The summed E-state index contributed by atoms with van der Waals surface area (Å²) in [6.45, 7) is 1.81. The quantitative estimate of drug-likeness (QED) is 0.755. The Bertz CT molecular complexity index is 760. The van der Waals surface area contributed by atoms with Crippen LogP contribution in [-0.4, -0.2) is 22.7 Å². The number of aliphatic hydroxyl groups excluding tert-OH is 1. The number of carbonyl (C=O) groups excluding carboxylic acids is 1. The molecular weight excluding hydrogens is 304 g/mol. The van der Waals surface area contributed by atoms with E-state index in [2.05, 4.69) is 10.5 Å². The Kier molecular flexibility index (Phi) is 4.08. The van der Waals surface area contributed by atoms with Crippen LogP contribution in [0.25, 0.3) is 10.6 Å². The average Bonchev–Trinajstić information content (AvgIpc) is 3.23. The van der Waals surface area contributed by atoms with Crippen LogP contribution in [0.1, 0.15) is 27.2 Å². The largest absolute Gasteiger partial charge is 0.464 e. The maximum absolute atomic E-state index is 11.8. The molecule has 114 valence electrons. The summed E-state index contributed by atoms with van der Waals surface area (Å²) in [5, 5.41) is 16.4. The van der Waals surface area contributed by atoms with E-state index in [1.54, 1.807) is 19.3 Å². The molecule has 3 rings (SSSR count). The van der Waals surface area contributed by atoms with Gasteiger partial charge in [0.2, 0.25) is 0 Å². The lowest BCUT2D eigenvalue weighted by Crippen LogP contribution is -2.28.